The van der Waals surface area contributed by atoms with Gasteiger partial charge in [0.1, 0.15) is 10.7 Å². The number of carbonyl (C=O) groups is 1. The highest BCUT2D eigenvalue weighted by atomic mass is 32.2. The molecule has 0 N–H and O–H groups in total. The third-order valence-electron chi connectivity index (χ3n) is 5.58. The van der Waals surface area contributed by atoms with Crippen molar-refractivity contribution in [1.29, 1.82) is 0 Å². The molecule has 0 unspecified atom stereocenters. The maximum absolute atomic E-state index is 12.6. The molecule has 10 heteroatoms. The Hall–Kier alpha value is -1.91. The van der Waals surface area contributed by atoms with E-state index in [-0.39, 0.29) is 10.9 Å². The minimum absolute atomic E-state index is 0.0722. The van der Waals surface area contributed by atoms with E-state index in [1.54, 1.807) is 12.1 Å². The van der Waals surface area contributed by atoms with E-state index < -0.39 is 10.0 Å². The van der Waals surface area contributed by atoms with E-state index in [1.807, 2.05) is 9.80 Å². The SMILES string of the molecule is O=C(N1CCOCC1)N1CCN(c2ccc(S(=O)(=O)N3CCCC3)cn2)CC1. The minimum atomic E-state index is -3.43. The van der Waals surface area contributed by atoms with E-state index in [4.69, 9.17) is 4.74 Å². The van der Waals surface area contributed by atoms with Crippen molar-refractivity contribution in [2.24, 2.45) is 0 Å². The second kappa shape index (κ2) is 8.22. The molecule has 28 heavy (non-hydrogen) atoms. The number of aromatic nitrogens is 1. The lowest BCUT2D eigenvalue weighted by atomic mass is 10.3. The summed E-state index contributed by atoms with van der Waals surface area (Å²) in [5.41, 5.74) is 0. The molecule has 0 bridgehead atoms. The minimum Gasteiger partial charge on any atom is -0.378 e. The molecule has 2 amide bonds. The Morgan fingerprint density at radius 1 is 0.893 bits per heavy atom. The summed E-state index contributed by atoms with van der Waals surface area (Å²) in [5, 5.41) is 0. The molecule has 9 nitrogen and oxygen atoms in total. The summed E-state index contributed by atoms with van der Waals surface area (Å²) >= 11 is 0. The van der Waals surface area contributed by atoms with Crippen LogP contribution in [0.4, 0.5) is 10.6 Å². The molecule has 0 radical (unpaired) electrons. The highest BCUT2D eigenvalue weighted by Crippen LogP contribution is 2.22. The van der Waals surface area contributed by atoms with Crippen LogP contribution in [0.25, 0.3) is 0 Å². The van der Waals surface area contributed by atoms with Gasteiger partial charge in [-0.15, -0.1) is 0 Å². The van der Waals surface area contributed by atoms with Crippen LogP contribution in [0.1, 0.15) is 12.8 Å². The predicted octanol–water partition coefficient (Wildman–Crippen LogP) is 0.440. The number of piperazine rings is 1. The molecular weight excluding hydrogens is 382 g/mol. The highest BCUT2D eigenvalue weighted by Gasteiger charge is 2.29. The van der Waals surface area contributed by atoms with Crippen molar-refractivity contribution in [3.8, 4) is 0 Å². The zero-order valence-corrected chi connectivity index (χ0v) is 16.8. The smallest absolute Gasteiger partial charge is 0.320 e. The van der Waals surface area contributed by atoms with Gasteiger partial charge >= 0.3 is 6.03 Å². The zero-order valence-electron chi connectivity index (χ0n) is 16.0. The molecule has 0 spiro atoms. The van der Waals surface area contributed by atoms with Crippen LogP contribution >= 0.6 is 0 Å². The van der Waals surface area contributed by atoms with Crippen molar-refractivity contribution >= 4 is 21.9 Å². The Bertz CT molecular complexity index is 781. The maximum atomic E-state index is 12.6. The standard InChI is InChI=1S/C18H27N5O4S/c24-18(22-11-13-27-14-12-22)21-9-7-20(8-10-21)17-4-3-16(15-19-17)28(25,26)23-5-1-2-6-23/h3-4,15H,1-2,5-14H2. The lowest BCUT2D eigenvalue weighted by molar-refractivity contribution is 0.0428. The van der Waals surface area contributed by atoms with Crippen LogP contribution in [0.15, 0.2) is 23.2 Å². The van der Waals surface area contributed by atoms with Gasteiger partial charge in [0.05, 0.1) is 13.2 Å². The van der Waals surface area contributed by atoms with Gasteiger partial charge in [-0.25, -0.2) is 18.2 Å². The average Bonchev–Trinajstić information content (AvgIpc) is 3.30. The first kappa shape index (κ1) is 19.4. The third kappa shape index (κ3) is 3.94. The summed E-state index contributed by atoms with van der Waals surface area (Å²) in [5.74, 6) is 0.749. The number of ether oxygens (including phenoxy) is 1. The fourth-order valence-electron chi connectivity index (χ4n) is 3.87. The summed E-state index contributed by atoms with van der Waals surface area (Å²) in [6.45, 7) is 6.29. The van der Waals surface area contributed by atoms with Crippen LogP contribution in [0.3, 0.4) is 0 Å². The quantitative estimate of drug-likeness (QED) is 0.720. The van der Waals surface area contributed by atoms with Crippen molar-refractivity contribution in [2.45, 2.75) is 17.7 Å². The lowest BCUT2D eigenvalue weighted by Gasteiger charge is -2.38. The number of hydrogen-bond acceptors (Lipinski definition) is 6. The summed E-state index contributed by atoms with van der Waals surface area (Å²) in [7, 11) is -3.43. The summed E-state index contributed by atoms with van der Waals surface area (Å²) in [6, 6.07) is 3.48. The van der Waals surface area contributed by atoms with Crippen LogP contribution in [0, 0.1) is 0 Å². The maximum Gasteiger partial charge on any atom is 0.320 e. The number of hydrogen-bond donors (Lipinski definition) is 0. The predicted molar refractivity (Wildman–Crippen MR) is 104 cm³/mol. The molecule has 4 rings (SSSR count). The number of rotatable bonds is 3. The first-order valence-corrected chi connectivity index (χ1v) is 11.3. The number of sulfonamides is 1. The van der Waals surface area contributed by atoms with Crippen molar-refractivity contribution in [3.63, 3.8) is 0 Å². The number of amides is 2. The summed E-state index contributed by atoms with van der Waals surface area (Å²) < 4.78 is 32.0. The van der Waals surface area contributed by atoms with Crippen molar-refractivity contribution in [1.82, 2.24) is 19.1 Å². The van der Waals surface area contributed by atoms with E-state index in [9.17, 15) is 13.2 Å². The van der Waals surface area contributed by atoms with E-state index >= 15 is 0 Å². The number of urea groups is 1. The summed E-state index contributed by atoms with van der Waals surface area (Å²) in [6.07, 6.45) is 3.28. The molecule has 0 aromatic carbocycles. The Morgan fingerprint density at radius 3 is 2.14 bits per heavy atom. The van der Waals surface area contributed by atoms with Gasteiger partial charge in [-0.1, -0.05) is 0 Å². The molecule has 1 aromatic rings. The van der Waals surface area contributed by atoms with Crippen molar-refractivity contribution in [2.75, 3.05) is 70.5 Å². The monoisotopic (exact) mass is 409 g/mol. The van der Waals surface area contributed by atoms with Gasteiger partial charge in [-0.2, -0.15) is 4.31 Å². The molecule has 3 aliphatic heterocycles. The van der Waals surface area contributed by atoms with E-state index in [0.717, 1.165) is 18.7 Å². The fraction of sp³-hybridized carbons (Fsp3) is 0.667. The van der Waals surface area contributed by atoms with Crippen LogP contribution in [0.5, 0.6) is 0 Å². The topological polar surface area (TPSA) is 86.3 Å². The van der Waals surface area contributed by atoms with Gasteiger partial charge in [0.15, 0.2) is 0 Å². The highest BCUT2D eigenvalue weighted by molar-refractivity contribution is 7.89. The van der Waals surface area contributed by atoms with Gasteiger partial charge in [-0.3, -0.25) is 0 Å². The number of nitrogens with zero attached hydrogens (tertiary/aromatic N) is 5. The Kier molecular flexibility index (Phi) is 5.70. The molecular formula is C18H27N5O4S. The van der Waals surface area contributed by atoms with Crippen molar-refractivity contribution < 1.29 is 17.9 Å². The zero-order chi connectivity index (χ0) is 19.6. The second-order valence-electron chi connectivity index (χ2n) is 7.32. The molecule has 1 aromatic heterocycles. The van der Waals surface area contributed by atoms with E-state index in [1.165, 1.54) is 10.5 Å². The van der Waals surface area contributed by atoms with Crippen LogP contribution in [-0.4, -0.2) is 99.1 Å². The Balaban J connectivity index is 1.35. The Morgan fingerprint density at radius 2 is 1.54 bits per heavy atom. The van der Waals surface area contributed by atoms with Gasteiger partial charge in [0.2, 0.25) is 10.0 Å². The van der Waals surface area contributed by atoms with E-state index in [0.29, 0.717) is 65.6 Å². The number of carbonyl (C=O) groups excluding carboxylic acids is 1. The molecule has 3 fully saturated rings. The molecule has 4 heterocycles. The average molecular weight is 410 g/mol. The first-order valence-electron chi connectivity index (χ1n) is 9.88. The Labute approximate surface area is 165 Å². The fourth-order valence-corrected chi connectivity index (χ4v) is 5.33. The van der Waals surface area contributed by atoms with Crippen LogP contribution < -0.4 is 4.90 Å². The van der Waals surface area contributed by atoms with Gasteiger partial charge in [0, 0.05) is 58.6 Å². The number of pyridine rings is 1. The molecule has 154 valence electrons. The first-order chi connectivity index (χ1) is 13.6. The molecule has 3 aliphatic rings. The van der Waals surface area contributed by atoms with Gasteiger partial charge in [-0.05, 0) is 25.0 Å². The second-order valence-corrected chi connectivity index (χ2v) is 9.26. The number of anilines is 1. The lowest BCUT2D eigenvalue weighted by Crippen LogP contribution is -2.55. The third-order valence-corrected chi connectivity index (χ3v) is 7.46. The molecule has 0 atom stereocenters. The van der Waals surface area contributed by atoms with Gasteiger partial charge < -0.3 is 19.4 Å². The van der Waals surface area contributed by atoms with Crippen LogP contribution in [0.2, 0.25) is 0 Å². The van der Waals surface area contributed by atoms with Crippen molar-refractivity contribution in [3.05, 3.63) is 18.3 Å². The largest absolute Gasteiger partial charge is 0.378 e. The normalized spacial score (nSPS) is 21.9. The van der Waals surface area contributed by atoms with Crippen LogP contribution in [-0.2, 0) is 14.8 Å². The van der Waals surface area contributed by atoms with Gasteiger partial charge in [0.25, 0.3) is 0 Å². The molecule has 0 saturated carbocycles. The molecule has 0 aliphatic carbocycles. The summed E-state index contributed by atoms with van der Waals surface area (Å²) in [4.78, 5) is 23.0. The molecule has 3 saturated heterocycles. The number of morpholine rings is 1. The van der Waals surface area contributed by atoms with E-state index in [2.05, 4.69) is 9.88 Å².